The van der Waals surface area contributed by atoms with Crippen LogP contribution in [0.4, 0.5) is 5.69 Å². The number of thiophene rings is 1. The molecular formula is C31H31N9O3S. The van der Waals surface area contributed by atoms with E-state index in [2.05, 4.69) is 52.4 Å². The van der Waals surface area contributed by atoms with Crippen molar-refractivity contribution in [3.63, 3.8) is 0 Å². The lowest BCUT2D eigenvalue weighted by atomic mass is 10.1. The van der Waals surface area contributed by atoms with Crippen LogP contribution in [0.5, 0.6) is 0 Å². The van der Waals surface area contributed by atoms with Crippen molar-refractivity contribution in [2.45, 2.75) is 12.5 Å². The number of carbonyl (C=O) groups is 2. The van der Waals surface area contributed by atoms with Crippen LogP contribution < -0.4 is 15.8 Å². The number of hydrogen-bond donors (Lipinski definition) is 3. The van der Waals surface area contributed by atoms with Crippen LogP contribution in [0.2, 0.25) is 0 Å². The van der Waals surface area contributed by atoms with E-state index < -0.39 is 0 Å². The second-order valence-corrected chi connectivity index (χ2v) is 12.1. The van der Waals surface area contributed by atoms with Gasteiger partial charge in [-0.3, -0.25) is 24.4 Å². The van der Waals surface area contributed by atoms with Crippen LogP contribution in [-0.2, 0) is 4.79 Å². The normalized spacial score (nSPS) is 17.3. The van der Waals surface area contributed by atoms with E-state index in [9.17, 15) is 14.4 Å². The number of piperazine rings is 1. The number of hydrogen-bond acceptors (Lipinski definition) is 9. The summed E-state index contributed by atoms with van der Waals surface area (Å²) in [4.78, 5) is 56.6. The Kier molecular flexibility index (Phi) is 7.62. The van der Waals surface area contributed by atoms with Crippen LogP contribution in [0.1, 0.15) is 16.1 Å². The quantitative estimate of drug-likeness (QED) is 0.256. The van der Waals surface area contributed by atoms with E-state index in [0.29, 0.717) is 36.9 Å². The van der Waals surface area contributed by atoms with E-state index in [0.717, 1.165) is 58.8 Å². The van der Waals surface area contributed by atoms with E-state index in [-0.39, 0.29) is 23.4 Å². The smallest absolute Gasteiger partial charge is 0.261 e. The molecule has 0 unspecified atom stereocenters. The summed E-state index contributed by atoms with van der Waals surface area (Å²) >= 11 is 1.33. The fraction of sp³-hybridized carbons (Fsp3) is 0.290. The van der Waals surface area contributed by atoms with Crippen molar-refractivity contribution in [3.8, 4) is 22.6 Å². The predicted octanol–water partition coefficient (Wildman–Crippen LogP) is 2.59. The summed E-state index contributed by atoms with van der Waals surface area (Å²) in [5.41, 5.74) is 3.48. The Morgan fingerprint density at radius 1 is 0.977 bits per heavy atom. The van der Waals surface area contributed by atoms with Gasteiger partial charge in [-0.05, 0) is 48.9 Å². The van der Waals surface area contributed by atoms with Crippen molar-refractivity contribution in [2.24, 2.45) is 0 Å². The number of aromatic nitrogens is 5. The molecule has 1 atom stereocenters. The van der Waals surface area contributed by atoms with Crippen LogP contribution in [0.15, 0.2) is 71.9 Å². The third-order valence-corrected chi connectivity index (χ3v) is 9.23. The molecule has 0 bridgehead atoms. The van der Waals surface area contributed by atoms with E-state index in [1.165, 1.54) is 17.4 Å². The van der Waals surface area contributed by atoms with Gasteiger partial charge in [0.1, 0.15) is 4.83 Å². The van der Waals surface area contributed by atoms with Crippen molar-refractivity contribution in [3.05, 3.63) is 82.4 Å². The first-order valence-corrected chi connectivity index (χ1v) is 15.4. The van der Waals surface area contributed by atoms with Gasteiger partial charge in [-0.2, -0.15) is 5.10 Å². The number of likely N-dealkylation sites (tertiary alicyclic amines) is 1. The summed E-state index contributed by atoms with van der Waals surface area (Å²) in [7, 11) is 0. The lowest BCUT2D eigenvalue weighted by molar-refractivity contribution is -0.132. The Labute approximate surface area is 256 Å². The third-order valence-electron chi connectivity index (χ3n) is 8.20. The summed E-state index contributed by atoms with van der Waals surface area (Å²) in [6.07, 6.45) is 5.90. The topological polar surface area (TPSA) is 143 Å². The van der Waals surface area contributed by atoms with E-state index in [4.69, 9.17) is 0 Å². The maximum atomic E-state index is 13.1. The van der Waals surface area contributed by atoms with Gasteiger partial charge in [-0.1, -0.05) is 0 Å². The van der Waals surface area contributed by atoms with Crippen molar-refractivity contribution in [1.82, 2.24) is 40.3 Å². The number of fused-ring (bicyclic) bond motifs is 1. The lowest BCUT2D eigenvalue weighted by Gasteiger charge is -2.36. The molecule has 0 spiro atoms. The Balaban J connectivity index is 0.888. The minimum absolute atomic E-state index is 0.0222. The van der Waals surface area contributed by atoms with Gasteiger partial charge in [0.2, 0.25) is 11.5 Å². The van der Waals surface area contributed by atoms with E-state index >= 15 is 0 Å². The highest BCUT2D eigenvalue weighted by Crippen LogP contribution is 2.32. The molecule has 2 amide bonds. The molecular weight excluding hydrogens is 578 g/mol. The molecule has 2 fully saturated rings. The number of anilines is 1. The molecule has 224 valence electrons. The number of amides is 2. The number of carbonyl (C=O) groups excluding carboxylic acids is 2. The fourth-order valence-electron chi connectivity index (χ4n) is 5.83. The van der Waals surface area contributed by atoms with E-state index in [1.54, 1.807) is 30.7 Å². The van der Waals surface area contributed by atoms with Gasteiger partial charge in [0.05, 0.1) is 17.1 Å². The number of pyridine rings is 1. The van der Waals surface area contributed by atoms with Crippen molar-refractivity contribution in [1.29, 1.82) is 0 Å². The van der Waals surface area contributed by atoms with Crippen molar-refractivity contribution >= 4 is 39.1 Å². The second-order valence-electron chi connectivity index (χ2n) is 11.1. The lowest BCUT2D eigenvalue weighted by Crippen LogP contribution is -2.51. The molecule has 13 heteroatoms. The Hall–Kier alpha value is -4.88. The highest BCUT2D eigenvalue weighted by atomic mass is 32.1. The average molecular weight is 610 g/mol. The summed E-state index contributed by atoms with van der Waals surface area (Å²) in [5, 5.41) is 11.3. The predicted molar refractivity (Wildman–Crippen MR) is 169 cm³/mol. The minimum atomic E-state index is -0.178. The van der Waals surface area contributed by atoms with Crippen LogP contribution in [0.25, 0.3) is 32.9 Å². The first-order chi connectivity index (χ1) is 21.5. The highest BCUT2D eigenvalue weighted by Gasteiger charge is 2.29. The fourth-order valence-corrected chi connectivity index (χ4v) is 6.73. The SMILES string of the molecule is O=C(N[C@@H]1CCN(CC(=O)N2CCN(c3ccc(-c4ncccn4)cc3)CC2)C1)c1cc2c(-c3ccc(=O)[nH]c3)[nH]nc2s1. The van der Waals surface area contributed by atoms with Crippen LogP contribution in [-0.4, -0.2) is 98.6 Å². The molecule has 2 aliphatic heterocycles. The maximum Gasteiger partial charge on any atom is 0.261 e. The summed E-state index contributed by atoms with van der Waals surface area (Å²) in [6, 6.07) is 15.0. The molecule has 0 aliphatic carbocycles. The molecule has 44 heavy (non-hydrogen) atoms. The Morgan fingerprint density at radius 2 is 1.75 bits per heavy atom. The Bertz CT molecular complexity index is 1820. The van der Waals surface area contributed by atoms with Crippen LogP contribution in [0, 0.1) is 0 Å². The molecule has 2 saturated heterocycles. The van der Waals surface area contributed by atoms with Gasteiger partial charge >= 0.3 is 0 Å². The number of nitrogens with one attached hydrogen (secondary N) is 3. The van der Waals surface area contributed by atoms with Gasteiger partial charge in [0.15, 0.2) is 5.82 Å². The highest BCUT2D eigenvalue weighted by molar-refractivity contribution is 7.20. The molecule has 3 N–H and O–H groups in total. The summed E-state index contributed by atoms with van der Waals surface area (Å²) < 4.78 is 0. The molecule has 7 rings (SSSR count). The summed E-state index contributed by atoms with van der Waals surface area (Å²) in [6.45, 7) is 4.67. The zero-order chi connectivity index (χ0) is 30.0. The maximum absolute atomic E-state index is 13.1. The number of benzene rings is 1. The molecule has 1 aromatic carbocycles. The Morgan fingerprint density at radius 3 is 2.50 bits per heavy atom. The molecule has 12 nitrogen and oxygen atoms in total. The minimum Gasteiger partial charge on any atom is -0.368 e. The average Bonchev–Trinajstić information content (AvgIpc) is 3.79. The zero-order valence-corrected chi connectivity index (χ0v) is 24.7. The van der Waals surface area contributed by atoms with Gasteiger partial charge in [0.25, 0.3) is 5.91 Å². The van der Waals surface area contributed by atoms with Gasteiger partial charge in [-0.15, -0.1) is 11.3 Å². The second kappa shape index (κ2) is 12.0. The molecule has 6 heterocycles. The number of H-pyrrole nitrogens is 2. The van der Waals surface area contributed by atoms with Crippen molar-refractivity contribution in [2.75, 3.05) is 50.7 Å². The molecule has 0 saturated carbocycles. The van der Waals surface area contributed by atoms with Crippen LogP contribution in [0.3, 0.4) is 0 Å². The number of nitrogens with zero attached hydrogens (tertiary/aromatic N) is 6. The van der Waals surface area contributed by atoms with Crippen LogP contribution >= 0.6 is 11.3 Å². The third kappa shape index (κ3) is 5.83. The number of aromatic amines is 2. The molecule has 5 aromatic rings. The van der Waals surface area contributed by atoms with Gasteiger partial charge < -0.3 is 20.1 Å². The summed E-state index contributed by atoms with van der Waals surface area (Å²) in [5.74, 6) is 0.694. The first-order valence-electron chi connectivity index (χ1n) is 14.6. The standard InChI is InChI=1S/C31H31N9O3S/c41-26-7-4-21(17-34-26)28-24-16-25(44-31(24)37-36-28)30(43)35-22-8-11-38(18-22)19-27(42)40-14-12-39(13-15-40)23-5-2-20(3-6-23)29-32-9-1-10-33-29/h1-7,9-10,16-17,22H,8,11-15,18-19H2,(H,34,41)(H,35,43)(H,36,37)/t22-/m1/s1. The monoisotopic (exact) mass is 609 g/mol. The van der Waals surface area contributed by atoms with E-state index in [1.807, 2.05) is 23.1 Å². The van der Waals surface area contributed by atoms with Gasteiger partial charge in [-0.25, -0.2) is 9.97 Å². The van der Waals surface area contributed by atoms with Gasteiger partial charge in [0, 0.05) is 92.2 Å². The van der Waals surface area contributed by atoms with Crippen molar-refractivity contribution < 1.29 is 9.59 Å². The largest absolute Gasteiger partial charge is 0.368 e. The first kappa shape index (κ1) is 27.9. The zero-order valence-electron chi connectivity index (χ0n) is 23.9. The molecule has 0 radical (unpaired) electrons. The molecule has 4 aromatic heterocycles. The number of rotatable bonds is 7. The molecule has 2 aliphatic rings.